The standard InChI is InChI=1S/C11H14N4O3/c1-15(5-7(12)10(16)17)6-2-3-8-9(4-6)14-11(18)13-8/h2-4,7H,5,12H2,1H3,(H,16,17)(H2,13,14,18). The molecule has 96 valence electrons. The Kier molecular flexibility index (Phi) is 3.07. The summed E-state index contributed by atoms with van der Waals surface area (Å²) in [5.41, 5.74) is 7.36. The van der Waals surface area contributed by atoms with Crippen LogP contribution in [-0.2, 0) is 4.79 Å². The number of nitrogens with zero attached hydrogens (tertiary/aromatic N) is 1. The Hall–Kier alpha value is -2.28. The second-order valence-corrected chi connectivity index (χ2v) is 4.13. The van der Waals surface area contributed by atoms with Gasteiger partial charge in [-0.05, 0) is 18.2 Å². The van der Waals surface area contributed by atoms with E-state index in [1.165, 1.54) is 0 Å². The molecule has 1 atom stereocenters. The lowest BCUT2D eigenvalue weighted by Gasteiger charge is -2.21. The van der Waals surface area contributed by atoms with Gasteiger partial charge < -0.3 is 25.7 Å². The number of imidazole rings is 1. The van der Waals surface area contributed by atoms with Gasteiger partial charge in [-0.3, -0.25) is 4.79 Å². The van der Waals surface area contributed by atoms with Crippen LogP contribution >= 0.6 is 0 Å². The molecule has 1 heterocycles. The van der Waals surface area contributed by atoms with Crippen molar-refractivity contribution >= 4 is 22.7 Å². The summed E-state index contributed by atoms with van der Waals surface area (Å²) in [6.45, 7) is 0.190. The molecule has 18 heavy (non-hydrogen) atoms. The smallest absolute Gasteiger partial charge is 0.323 e. The average molecular weight is 250 g/mol. The van der Waals surface area contributed by atoms with Gasteiger partial charge in [0.2, 0.25) is 0 Å². The van der Waals surface area contributed by atoms with Crippen LogP contribution in [0.4, 0.5) is 5.69 Å². The molecule has 1 aromatic heterocycles. The number of rotatable bonds is 4. The van der Waals surface area contributed by atoms with E-state index in [-0.39, 0.29) is 12.2 Å². The molecule has 5 N–H and O–H groups in total. The summed E-state index contributed by atoms with van der Waals surface area (Å²) in [6.07, 6.45) is 0. The highest BCUT2D eigenvalue weighted by molar-refractivity contribution is 5.79. The molecule has 1 unspecified atom stereocenters. The number of hydrogen-bond donors (Lipinski definition) is 4. The Balaban J connectivity index is 2.24. The van der Waals surface area contributed by atoms with Crippen LogP contribution in [0.15, 0.2) is 23.0 Å². The molecule has 2 aromatic rings. The quantitative estimate of drug-likeness (QED) is 0.595. The number of fused-ring (bicyclic) bond motifs is 1. The minimum absolute atomic E-state index is 0.190. The number of carboxylic acids is 1. The number of likely N-dealkylation sites (N-methyl/N-ethyl adjacent to an activating group) is 1. The van der Waals surface area contributed by atoms with Crippen LogP contribution in [0, 0.1) is 0 Å². The molecule has 0 aliphatic carbocycles. The normalized spacial score (nSPS) is 12.6. The first-order valence-corrected chi connectivity index (χ1v) is 5.39. The van der Waals surface area contributed by atoms with Crippen LogP contribution in [0.2, 0.25) is 0 Å². The zero-order chi connectivity index (χ0) is 13.3. The zero-order valence-electron chi connectivity index (χ0n) is 9.80. The van der Waals surface area contributed by atoms with Crippen molar-refractivity contribution in [2.45, 2.75) is 6.04 Å². The highest BCUT2D eigenvalue weighted by Crippen LogP contribution is 2.17. The van der Waals surface area contributed by atoms with Crippen LogP contribution in [-0.4, -0.2) is 40.7 Å². The van der Waals surface area contributed by atoms with E-state index in [1.54, 1.807) is 30.1 Å². The van der Waals surface area contributed by atoms with Crippen molar-refractivity contribution in [1.29, 1.82) is 0 Å². The number of carbonyl (C=O) groups is 1. The van der Waals surface area contributed by atoms with Gasteiger partial charge in [-0.1, -0.05) is 0 Å². The first kappa shape index (κ1) is 12.2. The first-order valence-electron chi connectivity index (χ1n) is 5.39. The molecule has 0 aliphatic rings. The minimum Gasteiger partial charge on any atom is -0.480 e. The van der Waals surface area contributed by atoms with E-state index in [4.69, 9.17) is 10.8 Å². The summed E-state index contributed by atoms with van der Waals surface area (Å²) in [6, 6.07) is 4.37. The number of H-pyrrole nitrogens is 2. The number of aromatic nitrogens is 2. The molecule has 0 radical (unpaired) electrons. The molecule has 0 spiro atoms. The average Bonchev–Trinajstić information content (AvgIpc) is 2.67. The molecule has 0 aliphatic heterocycles. The molecule has 0 saturated carbocycles. The van der Waals surface area contributed by atoms with Gasteiger partial charge in [-0.25, -0.2) is 4.79 Å². The maximum absolute atomic E-state index is 11.1. The molecule has 0 bridgehead atoms. The van der Waals surface area contributed by atoms with Gasteiger partial charge in [0.05, 0.1) is 11.0 Å². The molecular weight excluding hydrogens is 236 g/mol. The van der Waals surface area contributed by atoms with E-state index in [1.807, 2.05) is 0 Å². The Morgan fingerprint density at radius 3 is 2.78 bits per heavy atom. The number of nitrogens with two attached hydrogens (primary N) is 1. The number of aromatic amines is 2. The third kappa shape index (κ3) is 2.35. The van der Waals surface area contributed by atoms with Crippen LogP contribution in [0.5, 0.6) is 0 Å². The summed E-state index contributed by atoms with van der Waals surface area (Å²) in [5.74, 6) is -1.04. The van der Waals surface area contributed by atoms with Gasteiger partial charge in [-0.15, -0.1) is 0 Å². The van der Waals surface area contributed by atoms with Crippen molar-refractivity contribution in [2.24, 2.45) is 5.73 Å². The Bertz CT molecular complexity index is 630. The van der Waals surface area contributed by atoms with Crippen molar-refractivity contribution in [1.82, 2.24) is 9.97 Å². The largest absolute Gasteiger partial charge is 0.480 e. The lowest BCUT2D eigenvalue weighted by Crippen LogP contribution is -2.41. The van der Waals surface area contributed by atoms with E-state index in [2.05, 4.69) is 9.97 Å². The summed E-state index contributed by atoms with van der Waals surface area (Å²) >= 11 is 0. The van der Waals surface area contributed by atoms with Gasteiger partial charge >= 0.3 is 11.7 Å². The van der Waals surface area contributed by atoms with Gasteiger partial charge in [0.25, 0.3) is 0 Å². The van der Waals surface area contributed by atoms with Crippen LogP contribution in [0.25, 0.3) is 11.0 Å². The van der Waals surface area contributed by atoms with Crippen molar-refractivity contribution < 1.29 is 9.90 Å². The fourth-order valence-electron chi connectivity index (χ4n) is 1.74. The van der Waals surface area contributed by atoms with Gasteiger partial charge in [0, 0.05) is 19.3 Å². The molecule has 2 rings (SSSR count). The predicted octanol–water partition coefficient (Wildman–Crippen LogP) is -0.296. The lowest BCUT2D eigenvalue weighted by atomic mass is 10.2. The summed E-state index contributed by atoms with van der Waals surface area (Å²) in [7, 11) is 1.74. The molecule has 7 heteroatoms. The summed E-state index contributed by atoms with van der Waals surface area (Å²) < 4.78 is 0. The van der Waals surface area contributed by atoms with E-state index in [0.717, 1.165) is 5.69 Å². The first-order chi connectivity index (χ1) is 8.47. The maximum atomic E-state index is 11.1. The number of benzene rings is 1. The topological polar surface area (TPSA) is 115 Å². The van der Waals surface area contributed by atoms with E-state index < -0.39 is 12.0 Å². The zero-order valence-corrected chi connectivity index (χ0v) is 9.80. The number of hydrogen-bond acceptors (Lipinski definition) is 4. The fraction of sp³-hybridized carbons (Fsp3) is 0.273. The monoisotopic (exact) mass is 250 g/mol. The maximum Gasteiger partial charge on any atom is 0.323 e. The number of aliphatic carboxylic acids is 1. The van der Waals surface area contributed by atoms with Crippen LogP contribution in [0.1, 0.15) is 0 Å². The Labute approximate surface area is 102 Å². The van der Waals surface area contributed by atoms with E-state index in [0.29, 0.717) is 11.0 Å². The van der Waals surface area contributed by atoms with Crippen LogP contribution < -0.4 is 16.3 Å². The Morgan fingerprint density at radius 1 is 1.44 bits per heavy atom. The molecular formula is C11H14N4O3. The van der Waals surface area contributed by atoms with Crippen molar-refractivity contribution in [3.63, 3.8) is 0 Å². The minimum atomic E-state index is -1.04. The van der Waals surface area contributed by atoms with Crippen molar-refractivity contribution in [2.75, 3.05) is 18.5 Å². The highest BCUT2D eigenvalue weighted by atomic mass is 16.4. The molecule has 1 aromatic carbocycles. The van der Waals surface area contributed by atoms with Gasteiger partial charge in [0.15, 0.2) is 0 Å². The molecule has 7 nitrogen and oxygen atoms in total. The highest BCUT2D eigenvalue weighted by Gasteiger charge is 2.14. The van der Waals surface area contributed by atoms with Crippen molar-refractivity contribution in [3.05, 3.63) is 28.7 Å². The van der Waals surface area contributed by atoms with Gasteiger partial charge in [0.1, 0.15) is 6.04 Å². The fourth-order valence-corrected chi connectivity index (χ4v) is 1.74. The second kappa shape index (κ2) is 4.53. The van der Waals surface area contributed by atoms with Gasteiger partial charge in [-0.2, -0.15) is 0 Å². The van der Waals surface area contributed by atoms with Crippen LogP contribution in [0.3, 0.4) is 0 Å². The number of nitrogens with one attached hydrogen (secondary N) is 2. The summed E-state index contributed by atoms with van der Waals surface area (Å²) in [5, 5.41) is 8.75. The SMILES string of the molecule is CN(CC(N)C(=O)O)c1ccc2[nH]c(=O)[nH]c2c1. The molecule has 0 saturated heterocycles. The number of carboxylic acid groups (broad SMARTS) is 1. The third-order valence-electron chi connectivity index (χ3n) is 2.73. The summed E-state index contributed by atoms with van der Waals surface area (Å²) in [4.78, 5) is 28.8. The lowest BCUT2D eigenvalue weighted by molar-refractivity contribution is -0.138. The van der Waals surface area contributed by atoms with E-state index in [9.17, 15) is 9.59 Å². The van der Waals surface area contributed by atoms with E-state index >= 15 is 0 Å². The van der Waals surface area contributed by atoms with Crippen molar-refractivity contribution in [3.8, 4) is 0 Å². The predicted molar refractivity (Wildman–Crippen MR) is 67.8 cm³/mol. The molecule has 0 amide bonds. The Morgan fingerprint density at radius 2 is 2.11 bits per heavy atom. The number of anilines is 1. The molecule has 0 fully saturated rings. The third-order valence-corrected chi connectivity index (χ3v) is 2.73. The second-order valence-electron chi connectivity index (χ2n) is 4.13.